The Hall–Kier alpha value is -1.39. The van der Waals surface area contributed by atoms with Gasteiger partial charge in [0.1, 0.15) is 0 Å². The number of pyridine rings is 1. The molecule has 0 amide bonds. The van der Waals surface area contributed by atoms with Gasteiger partial charge in [-0.3, -0.25) is 0 Å². The van der Waals surface area contributed by atoms with Gasteiger partial charge in [-0.15, -0.1) is 29.8 Å². The van der Waals surface area contributed by atoms with Gasteiger partial charge in [-0.1, -0.05) is 12.1 Å². The fourth-order valence-electron chi connectivity index (χ4n) is 1.76. The second-order valence-corrected chi connectivity index (χ2v) is 6.12. The molecule has 2 aromatic rings. The van der Waals surface area contributed by atoms with Gasteiger partial charge >= 0.3 is 14.8 Å². The molecule has 0 spiro atoms. The maximum atomic E-state index is 12.3. The first-order valence-corrected chi connectivity index (χ1v) is 9.62. The van der Waals surface area contributed by atoms with Gasteiger partial charge in [-0.05, 0) is 38.1 Å². The Kier molecular flexibility index (Phi) is 18.0. The van der Waals surface area contributed by atoms with Gasteiger partial charge in [-0.25, -0.2) is 0 Å². The minimum absolute atomic E-state index is 0. The number of benzene rings is 1. The molecular formula is C19H23F3IrN2O3P-. The molecule has 0 aliphatic carbocycles. The molecule has 0 unspecified atom stereocenters. The van der Waals surface area contributed by atoms with Crippen LogP contribution in [0.3, 0.4) is 0 Å². The monoisotopic (exact) mass is 608 g/mol. The second kappa shape index (κ2) is 17.5. The van der Waals surface area contributed by atoms with E-state index < -0.39 is 20.3 Å². The van der Waals surface area contributed by atoms with Crippen molar-refractivity contribution in [2.45, 2.75) is 26.9 Å². The van der Waals surface area contributed by atoms with Crippen LogP contribution in [0.2, 0.25) is 0 Å². The summed E-state index contributed by atoms with van der Waals surface area (Å²) >= 11 is 0. The topological polar surface area (TPSA) is 64.4 Å². The number of halogens is 3. The summed E-state index contributed by atoms with van der Waals surface area (Å²) in [6.45, 7) is 12.5. The minimum atomic E-state index is -4.32. The number of rotatable bonds is 7. The molecular weight excluding hydrogens is 584 g/mol. The predicted molar refractivity (Wildman–Crippen MR) is 102 cm³/mol. The zero-order valence-corrected chi connectivity index (χ0v) is 19.6. The van der Waals surface area contributed by atoms with Crippen LogP contribution in [-0.2, 0) is 39.9 Å². The van der Waals surface area contributed by atoms with E-state index in [1.807, 2.05) is 20.8 Å². The molecule has 0 saturated heterocycles. The molecule has 1 radical (unpaired) electrons. The number of aromatic nitrogens is 1. The van der Waals surface area contributed by atoms with Crippen molar-refractivity contribution in [3.63, 3.8) is 0 Å². The molecule has 0 saturated carbocycles. The third-order valence-electron chi connectivity index (χ3n) is 2.87. The van der Waals surface area contributed by atoms with Crippen LogP contribution in [0.4, 0.5) is 13.2 Å². The standard InChI is InChI=1S/C12H7F3N.C6H16O3P.CN.Ir/c13-12(14,15)10-6-4-9(5-7-10)11-3-1-2-8-16-11;1-4-7-10(8-5-2)9-6-3;1-2;/h1-4,6-8H;10H,4-6H2,1-3H3;;/q-1;+1;-1;. The Morgan fingerprint density at radius 2 is 1.55 bits per heavy atom. The van der Waals surface area contributed by atoms with Crippen molar-refractivity contribution in [2.75, 3.05) is 19.8 Å². The normalized spacial score (nSPS) is 10.1. The van der Waals surface area contributed by atoms with Crippen molar-refractivity contribution in [1.29, 1.82) is 5.26 Å². The Morgan fingerprint density at radius 1 is 1.00 bits per heavy atom. The van der Waals surface area contributed by atoms with Crippen molar-refractivity contribution in [3.05, 3.63) is 60.8 Å². The molecule has 163 valence electrons. The Morgan fingerprint density at radius 3 is 1.90 bits per heavy atom. The van der Waals surface area contributed by atoms with Gasteiger partial charge in [0.05, 0.1) is 19.8 Å². The van der Waals surface area contributed by atoms with Crippen molar-refractivity contribution in [2.24, 2.45) is 0 Å². The summed E-state index contributed by atoms with van der Waals surface area (Å²) < 4.78 is 52.4. The number of nitrogens with zero attached hydrogens (tertiary/aromatic N) is 2. The molecule has 0 fully saturated rings. The third-order valence-corrected chi connectivity index (χ3v) is 4.44. The minimum Gasteiger partial charge on any atom is -0.512 e. The maximum absolute atomic E-state index is 12.3. The summed E-state index contributed by atoms with van der Waals surface area (Å²) in [6.07, 6.45) is -2.74. The molecule has 0 aliphatic rings. The van der Waals surface area contributed by atoms with E-state index >= 15 is 0 Å². The average Bonchev–Trinajstić information content (AvgIpc) is 2.71. The fourth-order valence-corrected chi connectivity index (χ4v) is 2.72. The van der Waals surface area contributed by atoms with E-state index in [0.717, 1.165) is 12.1 Å². The van der Waals surface area contributed by atoms with Gasteiger partial charge < -0.3 is 16.8 Å². The van der Waals surface area contributed by atoms with Crippen LogP contribution in [0.25, 0.3) is 11.3 Å². The SMILES string of the molecule is CCO[PH+](OCC)OCC.FC(F)(F)c1c[c-]c(-c2ccccn2)cc1.[C-]#N.[Ir]. The van der Waals surface area contributed by atoms with E-state index in [-0.39, 0.29) is 20.1 Å². The van der Waals surface area contributed by atoms with Crippen molar-refractivity contribution in [1.82, 2.24) is 4.98 Å². The molecule has 0 bridgehead atoms. The fraction of sp³-hybridized carbons (Fsp3) is 0.368. The zero-order valence-electron chi connectivity index (χ0n) is 16.2. The van der Waals surface area contributed by atoms with E-state index in [0.29, 0.717) is 31.1 Å². The molecule has 1 aromatic carbocycles. The van der Waals surface area contributed by atoms with Crippen molar-refractivity contribution in [3.8, 4) is 11.3 Å². The Balaban J connectivity index is 0. The van der Waals surface area contributed by atoms with Crippen LogP contribution in [0.15, 0.2) is 42.6 Å². The Labute approximate surface area is 184 Å². The zero-order chi connectivity index (χ0) is 21.4. The molecule has 1 heterocycles. The summed E-state index contributed by atoms with van der Waals surface area (Å²) in [5.41, 5.74) is 0.456. The summed E-state index contributed by atoms with van der Waals surface area (Å²) in [4.78, 5) is 4.03. The number of hydrogen-bond donors (Lipinski definition) is 0. The van der Waals surface area contributed by atoms with E-state index in [1.165, 1.54) is 6.07 Å². The Bertz CT molecular complexity index is 645. The van der Waals surface area contributed by atoms with E-state index in [9.17, 15) is 13.2 Å². The van der Waals surface area contributed by atoms with Gasteiger partial charge in [0.25, 0.3) is 0 Å². The maximum Gasteiger partial charge on any atom is 0.397 e. The third kappa shape index (κ3) is 12.7. The summed E-state index contributed by atoms with van der Waals surface area (Å²) in [5.74, 6) is 0. The van der Waals surface area contributed by atoms with Crippen LogP contribution in [-0.4, -0.2) is 24.8 Å². The first kappa shape index (κ1) is 29.8. The molecule has 0 atom stereocenters. The molecule has 0 N–H and O–H groups in total. The molecule has 5 nitrogen and oxygen atoms in total. The largest absolute Gasteiger partial charge is 0.512 e. The second-order valence-electron chi connectivity index (χ2n) is 4.75. The molecule has 2 rings (SSSR count). The average molecular weight is 608 g/mol. The van der Waals surface area contributed by atoms with Gasteiger partial charge in [0.2, 0.25) is 0 Å². The van der Waals surface area contributed by atoms with Crippen LogP contribution >= 0.6 is 8.60 Å². The van der Waals surface area contributed by atoms with Crippen LogP contribution < -0.4 is 0 Å². The number of hydrogen-bond acceptors (Lipinski definition) is 5. The predicted octanol–water partition coefficient (Wildman–Crippen LogP) is 5.72. The molecule has 10 heteroatoms. The first-order valence-electron chi connectivity index (χ1n) is 8.40. The summed E-state index contributed by atoms with van der Waals surface area (Å²) in [5, 5.41) is 6.25. The van der Waals surface area contributed by atoms with E-state index in [4.69, 9.17) is 25.4 Å². The van der Waals surface area contributed by atoms with Gasteiger partial charge in [0.15, 0.2) is 0 Å². The molecule has 0 aliphatic heterocycles. The van der Waals surface area contributed by atoms with Crippen molar-refractivity contribution < 1.29 is 46.8 Å². The van der Waals surface area contributed by atoms with E-state index in [2.05, 4.69) is 11.1 Å². The summed E-state index contributed by atoms with van der Waals surface area (Å²) in [6, 6.07) is 11.1. The van der Waals surface area contributed by atoms with E-state index in [1.54, 1.807) is 24.4 Å². The quantitative estimate of drug-likeness (QED) is 0.298. The van der Waals surface area contributed by atoms with Crippen molar-refractivity contribution >= 4 is 8.60 Å². The first-order chi connectivity index (χ1) is 13.4. The number of alkyl halides is 3. The van der Waals surface area contributed by atoms with Gasteiger partial charge in [0, 0.05) is 26.3 Å². The smallest absolute Gasteiger partial charge is 0.397 e. The molecule has 29 heavy (non-hydrogen) atoms. The summed E-state index contributed by atoms with van der Waals surface area (Å²) in [7, 11) is -1.40. The van der Waals surface area contributed by atoms with Crippen LogP contribution in [0.1, 0.15) is 26.3 Å². The molecule has 1 aromatic heterocycles. The van der Waals surface area contributed by atoms with Crippen LogP contribution in [0, 0.1) is 17.9 Å². The van der Waals surface area contributed by atoms with Crippen LogP contribution in [0.5, 0.6) is 0 Å². The van der Waals surface area contributed by atoms with Gasteiger partial charge in [-0.2, -0.15) is 26.7 Å².